The van der Waals surface area contributed by atoms with Crippen molar-refractivity contribution in [2.45, 2.75) is 32.5 Å². The highest BCUT2D eigenvalue weighted by Gasteiger charge is 2.29. The van der Waals surface area contributed by atoms with E-state index in [-0.39, 0.29) is 0 Å². The molecule has 1 saturated heterocycles. The fourth-order valence-electron chi connectivity index (χ4n) is 3.46. The van der Waals surface area contributed by atoms with Crippen molar-refractivity contribution in [1.82, 2.24) is 19.8 Å². The van der Waals surface area contributed by atoms with Crippen LogP contribution in [0.2, 0.25) is 0 Å². The van der Waals surface area contributed by atoms with Crippen molar-refractivity contribution in [3.05, 3.63) is 35.6 Å². The summed E-state index contributed by atoms with van der Waals surface area (Å²) in [7, 11) is 1.77. The molecule has 5 nitrogen and oxygen atoms in total. The number of hydrogen-bond donors (Lipinski definition) is 0. The van der Waals surface area contributed by atoms with Crippen molar-refractivity contribution in [1.29, 1.82) is 0 Å². The van der Waals surface area contributed by atoms with Crippen LogP contribution < -0.4 is 0 Å². The van der Waals surface area contributed by atoms with Gasteiger partial charge in [0.15, 0.2) is 0 Å². The van der Waals surface area contributed by atoms with Crippen molar-refractivity contribution in [3.63, 3.8) is 0 Å². The minimum Gasteiger partial charge on any atom is -0.383 e. The van der Waals surface area contributed by atoms with Crippen LogP contribution in [-0.2, 0) is 11.3 Å². The lowest BCUT2D eigenvalue weighted by atomic mass is 10.1. The number of rotatable bonds is 6. The maximum Gasteiger partial charge on any atom is 0.125 e. The van der Waals surface area contributed by atoms with Crippen LogP contribution in [0.5, 0.6) is 0 Å². The molecule has 0 aliphatic carbocycles. The Morgan fingerprint density at radius 1 is 1.25 bits per heavy atom. The summed E-state index contributed by atoms with van der Waals surface area (Å²) in [5.74, 6) is 0. The van der Waals surface area contributed by atoms with E-state index in [1.807, 2.05) is 18.5 Å². The van der Waals surface area contributed by atoms with E-state index in [2.05, 4.69) is 39.7 Å². The second-order valence-corrected chi connectivity index (χ2v) is 7.61. The minimum absolute atomic E-state index is 0.551. The molecule has 1 aliphatic rings. The number of aromatic nitrogens is 2. The molecule has 0 amide bonds. The van der Waals surface area contributed by atoms with Gasteiger partial charge in [0.25, 0.3) is 0 Å². The third-order valence-corrected chi connectivity index (χ3v) is 5.60. The molecule has 3 heterocycles. The Morgan fingerprint density at radius 2 is 2.04 bits per heavy atom. The molecule has 130 valence electrons. The van der Waals surface area contributed by atoms with E-state index < -0.39 is 0 Å². The van der Waals surface area contributed by atoms with Gasteiger partial charge in [0.05, 0.1) is 6.61 Å². The molecule has 1 aliphatic heterocycles. The Morgan fingerprint density at radius 3 is 2.71 bits per heavy atom. The highest BCUT2D eigenvalue weighted by atomic mass is 32.1. The fourth-order valence-corrected chi connectivity index (χ4v) is 4.40. The lowest BCUT2D eigenvalue weighted by Gasteiger charge is -2.44. The quantitative estimate of drug-likeness (QED) is 0.804. The zero-order valence-corrected chi connectivity index (χ0v) is 15.5. The van der Waals surface area contributed by atoms with Crippen molar-refractivity contribution in [3.8, 4) is 10.6 Å². The monoisotopic (exact) mass is 346 g/mol. The lowest BCUT2D eigenvalue weighted by Crippen LogP contribution is -2.56. The number of pyridine rings is 1. The molecule has 0 radical (unpaired) electrons. The molecule has 0 saturated carbocycles. The SMILES string of the molecule is COCCN1[C@H](C)CN(Cc2cnc(-c3cccnc3)s2)C[C@@H]1C. The first-order chi connectivity index (χ1) is 11.7. The summed E-state index contributed by atoms with van der Waals surface area (Å²) in [6.07, 6.45) is 5.69. The summed E-state index contributed by atoms with van der Waals surface area (Å²) >= 11 is 1.77. The Kier molecular flexibility index (Phi) is 5.94. The first-order valence-electron chi connectivity index (χ1n) is 8.49. The van der Waals surface area contributed by atoms with Gasteiger partial charge in [0, 0.05) is 74.4 Å². The molecule has 6 heteroatoms. The maximum atomic E-state index is 5.24. The second-order valence-electron chi connectivity index (χ2n) is 6.50. The summed E-state index contributed by atoms with van der Waals surface area (Å²) in [6.45, 7) is 9.60. The fraction of sp³-hybridized carbons (Fsp3) is 0.556. The van der Waals surface area contributed by atoms with Gasteiger partial charge in [-0.3, -0.25) is 14.8 Å². The summed E-state index contributed by atoms with van der Waals surface area (Å²) in [4.78, 5) is 15.2. The number of nitrogens with zero attached hydrogens (tertiary/aromatic N) is 4. The minimum atomic E-state index is 0.551. The first kappa shape index (κ1) is 17.5. The van der Waals surface area contributed by atoms with Gasteiger partial charge in [-0.05, 0) is 26.0 Å². The van der Waals surface area contributed by atoms with Crippen LogP contribution >= 0.6 is 11.3 Å². The summed E-state index contributed by atoms with van der Waals surface area (Å²) in [5.41, 5.74) is 1.10. The molecule has 0 bridgehead atoms. The number of methoxy groups -OCH3 is 1. The number of piperazine rings is 1. The summed E-state index contributed by atoms with van der Waals surface area (Å²) < 4.78 is 5.24. The van der Waals surface area contributed by atoms with Gasteiger partial charge in [0.1, 0.15) is 5.01 Å². The van der Waals surface area contributed by atoms with Gasteiger partial charge in [-0.25, -0.2) is 4.98 Å². The molecule has 2 atom stereocenters. The van der Waals surface area contributed by atoms with Crippen LogP contribution in [0.25, 0.3) is 10.6 Å². The van der Waals surface area contributed by atoms with Crippen molar-refractivity contribution in [2.75, 3.05) is 33.4 Å². The van der Waals surface area contributed by atoms with Gasteiger partial charge < -0.3 is 4.74 Å². The lowest BCUT2D eigenvalue weighted by molar-refractivity contribution is 0.0182. The van der Waals surface area contributed by atoms with Crippen molar-refractivity contribution >= 4 is 11.3 Å². The molecule has 0 spiro atoms. The molecule has 2 aromatic rings. The topological polar surface area (TPSA) is 41.5 Å². The Bertz CT molecular complexity index is 621. The standard InChI is InChI=1S/C18H26N4OS/c1-14-11-21(12-15(2)22(14)7-8-23-3)13-17-10-20-18(24-17)16-5-4-6-19-9-16/h4-6,9-10,14-15H,7-8,11-13H2,1-3H3/t14-,15+. The molecule has 0 aromatic carbocycles. The van der Waals surface area contributed by atoms with Crippen LogP contribution in [-0.4, -0.2) is 65.2 Å². The van der Waals surface area contributed by atoms with E-state index >= 15 is 0 Å². The average Bonchev–Trinajstić information content (AvgIpc) is 3.03. The predicted octanol–water partition coefficient (Wildman–Crippen LogP) is 2.75. The van der Waals surface area contributed by atoms with Gasteiger partial charge in [-0.2, -0.15) is 0 Å². The molecular weight excluding hydrogens is 320 g/mol. The molecule has 0 N–H and O–H groups in total. The average molecular weight is 347 g/mol. The smallest absolute Gasteiger partial charge is 0.125 e. The zero-order valence-electron chi connectivity index (χ0n) is 14.7. The van der Waals surface area contributed by atoms with Gasteiger partial charge in [-0.1, -0.05) is 0 Å². The Hall–Kier alpha value is -1.34. The second kappa shape index (κ2) is 8.16. The van der Waals surface area contributed by atoms with Crippen LogP contribution in [0.4, 0.5) is 0 Å². The van der Waals surface area contributed by atoms with Crippen molar-refractivity contribution < 1.29 is 4.74 Å². The molecule has 2 aromatic heterocycles. The first-order valence-corrected chi connectivity index (χ1v) is 9.31. The Labute approximate surface area is 148 Å². The molecule has 0 unspecified atom stereocenters. The molecule has 3 rings (SSSR count). The summed E-state index contributed by atoms with van der Waals surface area (Å²) in [6, 6.07) is 5.12. The van der Waals surface area contributed by atoms with E-state index in [0.717, 1.165) is 43.4 Å². The van der Waals surface area contributed by atoms with Crippen LogP contribution in [0, 0.1) is 0 Å². The van der Waals surface area contributed by atoms with Crippen LogP contribution in [0.15, 0.2) is 30.7 Å². The Balaban J connectivity index is 1.60. The van der Waals surface area contributed by atoms with Gasteiger partial charge in [0.2, 0.25) is 0 Å². The van der Waals surface area contributed by atoms with Gasteiger partial charge >= 0.3 is 0 Å². The third kappa shape index (κ3) is 4.19. The molecule has 1 fully saturated rings. The maximum absolute atomic E-state index is 5.24. The number of thiazole rings is 1. The van der Waals surface area contributed by atoms with E-state index in [9.17, 15) is 0 Å². The van der Waals surface area contributed by atoms with Crippen LogP contribution in [0.1, 0.15) is 18.7 Å². The van der Waals surface area contributed by atoms with E-state index in [0.29, 0.717) is 12.1 Å². The molecule has 24 heavy (non-hydrogen) atoms. The van der Waals surface area contributed by atoms with E-state index in [4.69, 9.17) is 4.74 Å². The third-order valence-electron chi connectivity index (χ3n) is 4.57. The number of hydrogen-bond acceptors (Lipinski definition) is 6. The molecular formula is C18H26N4OS. The summed E-state index contributed by atoms with van der Waals surface area (Å²) in [5, 5.41) is 1.05. The van der Waals surface area contributed by atoms with E-state index in [1.54, 1.807) is 24.6 Å². The number of ether oxygens (including phenoxy) is 1. The van der Waals surface area contributed by atoms with Gasteiger partial charge in [-0.15, -0.1) is 11.3 Å². The normalized spacial score (nSPS) is 22.8. The van der Waals surface area contributed by atoms with Crippen LogP contribution in [0.3, 0.4) is 0 Å². The predicted molar refractivity (Wildman–Crippen MR) is 98.1 cm³/mol. The highest BCUT2D eigenvalue weighted by molar-refractivity contribution is 7.15. The largest absolute Gasteiger partial charge is 0.383 e. The highest BCUT2D eigenvalue weighted by Crippen LogP contribution is 2.26. The van der Waals surface area contributed by atoms with E-state index in [1.165, 1.54) is 4.88 Å². The zero-order chi connectivity index (χ0) is 16.9. The van der Waals surface area contributed by atoms with Crippen molar-refractivity contribution in [2.24, 2.45) is 0 Å².